The zero-order valence-electron chi connectivity index (χ0n) is 10.2. The average molecular weight is 315 g/mol. The van der Waals surface area contributed by atoms with Gasteiger partial charge >= 0.3 is 0 Å². The summed E-state index contributed by atoms with van der Waals surface area (Å²) in [7, 11) is 0. The molecule has 0 saturated heterocycles. The van der Waals surface area contributed by atoms with E-state index in [1.54, 1.807) is 43.0 Å². The van der Waals surface area contributed by atoms with E-state index in [9.17, 15) is 9.59 Å². The molecule has 8 heteroatoms. The van der Waals surface area contributed by atoms with Crippen LogP contribution in [-0.2, 0) is 4.79 Å². The zero-order chi connectivity index (χ0) is 13.7. The minimum atomic E-state index is -0.468. The second kappa shape index (κ2) is 7.52. The second-order valence-corrected chi connectivity index (χ2v) is 3.92. The highest BCUT2D eigenvalue weighted by Crippen LogP contribution is 2.08. The highest BCUT2D eigenvalue weighted by atomic mass is 35.5. The van der Waals surface area contributed by atoms with Gasteiger partial charge in [-0.25, -0.2) is 4.98 Å². The van der Waals surface area contributed by atoms with Gasteiger partial charge in [0.25, 0.3) is 11.8 Å². The minimum Gasteiger partial charge on any atom is -0.306 e. The van der Waals surface area contributed by atoms with Crippen molar-refractivity contribution in [3.63, 3.8) is 0 Å². The molecule has 6 nitrogen and oxygen atoms in total. The summed E-state index contributed by atoms with van der Waals surface area (Å²) in [6.07, 6.45) is 5.13. The van der Waals surface area contributed by atoms with Crippen molar-refractivity contribution in [1.29, 1.82) is 0 Å². The minimum absolute atomic E-state index is 0. The van der Waals surface area contributed by atoms with E-state index in [0.29, 0.717) is 5.56 Å². The lowest BCUT2D eigenvalue weighted by molar-refractivity contribution is -0.119. The van der Waals surface area contributed by atoms with Gasteiger partial charge in [-0.3, -0.25) is 20.4 Å². The number of hydrazine groups is 1. The maximum atomic E-state index is 11.7. The van der Waals surface area contributed by atoms with Crippen molar-refractivity contribution in [2.75, 3.05) is 5.88 Å². The Bertz CT molecular complexity index is 570. The molecule has 0 aliphatic heterocycles. The molecule has 0 aliphatic carbocycles. The first-order valence-electron chi connectivity index (χ1n) is 5.44. The summed E-state index contributed by atoms with van der Waals surface area (Å²) >= 11 is 5.29. The molecule has 0 spiro atoms. The molecule has 2 aromatic rings. The molecule has 1 aromatic carbocycles. The lowest BCUT2D eigenvalue weighted by Gasteiger charge is -2.07. The fourth-order valence-electron chi connectivity index (χ4n) is 1.43. The van der Waals surface area contributed by atoms with Gasteiger partial charge in [-0.2, -0.15) is 0 Å². The molecule has 0 unspecified atom stereocenters. The van der Waals surface area contributed by atoms with Crippen LogP contribution in [0.2, 0.25) is 0 Å². The van der Waals surface area contributed by atoms with E-state index in [0.717, 1.165) is 5.69 Å². The van der Waals surface area contributed by atoms with Crippen LogP contribution in [0, 0.1) is 0 Å². The fraction of sp³-hybridized carbons (Fsp3) is 0.0833. The van der Waals surface area contributed by atoms with Gasteiger partial charge < -0.3 is 4.57 Å². The summed E-state index contributed by atoms with van der Waals surface area (Å²) in [5, 5.41) is 0. The molecule has 2 rings (SSSR count). The van der Waals surface area contributed by atoms with Crippen LogP contribution in [0.15, 0.2) is 43.0 Å². The Morgan fingerprint density at radius 1 is 1.20 bits per heavy atom. The number of halogens is 2. The Hall–Kier alpha value is -2.05. The number of amides is 2. The van der Waals surface area contributed by atoms with Gasteiger partial charge in [0.05, 0.1) is 6.33 Å². The Kier molecular flexibility index (Phi) is 6.02. The first kappa shape index (κ1) is 16.0. The number of nitrogens with zero attached hydrogens (tertiary/aromatic N) is 2. The molecule has 1 heterocycles. The van der Waals surface area contributed by atoms with Gasteiger partial charge in [-0.05, 0) is 24.3 Å². The van der Waals surface area contributed by atoms with Gasteiger partial charge in [0.2, 0.25) is 0 Å². The van der Waals surface area contributed by atoms with Crippen molar-refractivity contribution in [1.82, 2.24) is 20.4 Å². The van der Waals surface area contributed by atoms with Crippen molar-refractivity contribution >= 4 is 35.8 Å². The Morgan fingerprint density at radius 2 is 1.90 bits per heavy atom. The largest absolute Gasteiger partial charge is 0.306 e. The van der Waals surface area contributed by atoms with Crippen LogP contribution in [0.4, 0.5) is 0 Å². The molecular weight excluding hydrogens is 303 g/mol. The van der Waals surface area contributed by atoms with Gasteiger partial charge in [0, 0.05) is 23.6 Å². The lowest BCUT2D eigenvalue weighted by Crippen LogP contribution is -2.42. The lowest BCUT2D eigenvalue weighted by atomic mass is 10.2. The number of carbonyl (C=O) groups is 2. The van der Waals surface area contributed by atoms with Crippen LogP contribution in [0.1, 0.15) is 10.4 Å². The van der Waals surface area contributed by atoms with Crippen LogP contribution in [0.25, 0.3) is 5.69 Å². The highest BCUT2D eigenvalue weighted by Gasteiger charge is 2.06. The molecular formula is C12H12Cl2N4O2. The molecule has 0 bridgehead atoms. The summed E-state index contributed by atoms with van der Waals surface area (Å²) in [4.78, 5) is 26.5. The van der Waals surface area contributed by atoms with E-state index < -0.39 is 11.8 Å². The third-order valence-corrected chi connectivity index (χ3v) is 2.61. The van der Waals surface area contributed by atoms with Crippen LogP contribution < -0.4 is 10.9 Å². The van der Waals surface area contributed by atoms with Crippen LogP contribution in [-0.4, -0.2) is 27.2 Å². The number of benzene rings is 1. The molecule has 0 saturated carbocycles. The molecule has 20 heavy (non-hydrogen) atoms. The topological polar surface area (TPSA) is 76.0 Å². The molecule has 0 fully saturated rings. The molecule has 0 aliphatic rings. The third kappa shape index (κ3) is 3.97. The maximum absolute atomic E-state index is 11.7. The molecule has 2 N–H and O–H groups in total. The first-order chi connectivity index (χ1) is 9.20. The average Bonchev–Trinajstić information content (AvgIpc) is 2.98. The molecule has 1 aromatic heterocycles. The fourth-order valence-corrected chi connectivity index (χ4v) is 1.50. The predicted molar refractivity (Wildman–Crippen MR) is 77.1 cm³/mol. The summed E-state index contributed by atoms with van der Waals surface area (Å²) in [6, 6.07) is 6.86. The van der Waals surface area contributed by atoms with E-state index in [-0.39, 0.29) is 18.3 Å². The monoisotopic (exact) mass is 314 g/mol. The summed E-state index contributed by atoms with van der Waals surface area (Å²) in [5.74, 6) is -1.08. The number of hydrogen-bond acceptors (Lipinski definition) is 3. The number of hydrogen-bond donors (Lipinski definition) is 2. The van der Waals surface area contributed by atoms with Crippen molar-refractivity contribution in [3.8, 4) is 5.69 Å². The second-order valence-electron chi connectivity index (χ2n) is 3.65. The molecule has 106 valence electrons. The number of imidazole rings is 1. The molecule has 0 radical (unpaired) electrons. The van der Waals surface area contributed by atoms with E-state index in [1.807, 2.05) is 4.57 Å². The molecule has 0 atom stereocenters. The van der Waals surface area contributed by atoms with Gasteiger partial charge in [-0.15, -0.1) is 24.0 Å². The van der Waals surface area contributed by atoms with Crippen molar-refractivity contribution in [2.45, 2.75) is 0 Å². The quantitative estimate of drug-likeness (QED) is 0.662. The maximum Gasteiger partial charge on any atom is 0.269 e. The summed E-state index contributed by atoms with van der Waals surface area (Å²) in [6.45, 7) is 0. The standard InChI is InChI=1S/C12H11ClN4O2.ClH/c13-7-11(18)15-16-12(19)9-1-3-10(4-2-9)17-6-5-14-8-17;/h1-6,8H,7H2,(H,15,18)(H,16,19);1H. The van der Waals surface area contributed by atoms with E-state index in [2.05, 4.69) is 15.8 Å². The third-order valence-electron chi connectivity index (χ3n) is 2.37. The van der Waals surface area contributed by atoms with Gasteiger partial charge in [-0.1, -0.05) is 0 Å². The first-order valence-corrected chi connectivity index (χ1v) is 5.97. The van der Waals surface area contributed by atoms with E-state index in [4.69, 9.17) is 11.6 Å². The SMILES string of the molecule is Cl.O=C(CCl)NNC(=O)c1ccc(-n2ccnc2)cc1. The number of aromatic nitrogens is 2. The zero-order valence-corrected chi connectivity index (χ0v) is 11.8. The Labute approximate surface area is 126 Å². The predicted octanol–water partition coefficient (Wildman–Crippen LogP) is 1.29. The number of rotatable bonds is 3. The van der Waals surface area contributed by atoms with Crippen LogP contribution >= 0.6 is 24.0 Å². The summed E-state index contributed by atoms with van der Waals surface area (Å²) in [5.41, 5.74) is 5.77. The van der Waals surface area contributed by atoms with Gasteiger partial charge in [0.1, 0.15) is 5.88 Å². The van der Waals surface area contributed by atoms with Crippen molar-refractivity contribution in [3.05, 3.63) is 48.5 Å². The van der Waals surface area contributed by atoms with E-state index in [1.165, 1.54) is 0 Å². The van der Waals surface area contributed by atoms with Crippen molar-refractivity contribution < 1.29 is 9.59 Å². The highest BCUT2D eigenvalue weighted by molar-refractivity contribution is 6.27. The molecule has 2 amide bonds. The Morgan fingerprint density at radius 3 is 2.45 bits per heavy atom. The number of nitrogens with one attached hydrogen (secondary N) is 2. The number of alkyl halides is 1. The van der Waals surface area contributed by atoms with Gasteiger partial charge in [0.15, 0.2) is 0 Å². The van der Waals surface area contributed by atoms with Crippen LogP contribution in [0.5, 0.6) is 0 Å². The summed E-state index contributed by atoms with van der Waals surface area (Å²) < 4.78 is 1.82. The van der Waals surface area contributed by atoms with Crippen LogP contribution in [0.3, 0.4) is 0 Å². The number of carbonyl (C=O) groups excluding carboxylic acids is 2. The smallest absolute Gasteiger partial charge is 0.269 e. The van der Waals surface area contributed by atoms with E-state index >= 15 is 0 Å². The normalized spacial score (nSPS) is 9.45. The van der Waals surface area contributed by atoms with Crippen molar-refractivity contribution in [2.24, 2.45) is 0 Å². The Balaban J connectivity index is 0.00000200.